The van der Waals surface area contributed by atoms with Crippen LogP contribution in [0.3, 0.4) is 0 Å². The summed E-state index contributed by atoms with van der Waals surface area (Å²) in [6, 6.07) is 5.27. The molecular weight excluding hydrogens is 307 g/mol. The van der Waals surface area contributed by atoms with E-state index in [0.717, 1.165) is 0 Å². The normalized spacial score (nSPS) is 11.2. The van der Waals surface area contributed by atoms with E-state index < -0.39 is 0 Å². The van der Waals surface area contributed by atoms with Crippen LogP contribution in [0.2, 0.25) is 5.15 Å². The van der Waals surface area contributed by atoms with E-state index in [9.17, 15) is 0 Å². The highest BCUT2D eigenvalue weighted by molar-refractivity contribution is 9.10. The maximum absolute atomic E-state index is 5.86. The highest BCUT2D eigenvalue weighted by atomic mass is 79.9. The molecule has 3 aromatic heterocycles. The maximum atomic E-state index is 5.86. The molecule has 3 aromatic rings. The number of hydrogen-bond acceptors (Lipinski definition) is 4. The number of hydrogen-bond donors (Lipinski definition) is 0. The fraction of sp³-hybridized carbons (Fsp3) is 0.100. The SMILES string of the molecule is Cc1nc(Cl)cc2nnc(-c3ccc(Br)o3)n12. The second kappa shape index (κ2) is 3.82. The second-order valence-corrected chi connectivity index (χ2v) is 4.62. The van der Waals surface area contributed by atoms with Crippen molar-refractivity contribution in [2.75, 3.05) is 0 Å². The van der Waals surface area contributed by atoms with Crippen LogP contribution >= 0.6 is 27.5 Å². The van der Waals surface area contributed by atoms with E-state index >= 15 is 0 Å². The number of aromatic nitrogens is 4. The first-order valence-electron chi connectivity index (χ1n) is 4.79. The summed E-state index contributed by atoms with van der Waals surface area (Å²) in [5, 5.41) is 8.52. The molecule has 0 spiro atoms. The largest absolute Gasteiger partial charge is 0.446 e. The number of aryl methyl sites for hydroxylation is 1. The Morgan fingerprint density at radius 2 is 2.18 bits per heavy atom. The van der Waals surface area contributed by atoms with Crippen LogP contribution < -0.4 is 0 Å². The van der Waals surface area contributed by atoms with Gasteiger partial charge in [0, 0.05) is 6.07 Å². The zero-order valence-corrected chi connectivity index (χ0v) is 11.0. The molecule has 3 heterocycles. The van der Waals surface area contributed by atoms with Gasteiger partial charge in [-0.3, -0.25) is 4.40 Å². The van der Waals surface area contributed by atoms with E-state index in [1.54, 1.807) is 16.5 Å². The van der Waals surface area contributed by atoms with E-state index in [4.69, 9.17) is 16.0 Å². The van der Waals surface area contributed by atoms with Crippen LogP contribution in [0.25, 0.3) is 17.2 Å². The van der Waals surface area contributed by atoms with Crippen molar-refractivity contribution in [3.63, 3.8) is 0 Å². The van der Waals surface area contributed by atoms with Crippen LogP contribution in [0.5, 0.6) is 0 Å². The van der Waals surface area contributed by atoms with Crippen LogP contribution in [0, 0.1) is 6.92 Å². The molecule has 0 aromatic carbocycles. The number of fused-ring (bicyclic) bond motifs is 1. The van der Waals surface area contributed by atoms with Crippen molar-refractivity contribution in [2.24, 2.45) is 0 Å². The lowest BCUT2D eigenvalue weighted by molar-refractivity contribution is 0.550. The van der Waals surface area contributed by atoms with Crippen LogP contribution in [-0.2, 0) is 0 Å². The first-order chi connectivity index (χ1) is 8.15. The summed E-state index contributed by atoms with van der Waals surface area (Å²) in [5.41, 5.74) is 0.644. The molecule has 0 radical (unpaired) electrons. The summed E-state index contributed by atoms with van der Waals surface area (Å²) in [7, 11) is 0. The van der Waals surface area contributed by atoms with Gasteiger partial charge in [0.2, 0.25) is 5.82 Å². The number of rotatable bonds is 1. The third-order valence-electron chi connectivity index (χ3n) is 2.32. The van der Waals surface area contributed by atoms with Gasteiger partial charge in [0.1, 0.15) is 11.0 Å². The summed E-state index contributed by atoms with van der Waals surface area (Å²) >= 11 is 9.11. The van der Waals surface area contributed by atoms with E-state index in [1.807, 2.05) is 13.0 Å². The Labute approximate surface area is 110 Å². The van der Waals surface area contributed by atoms with Gasteiger partial charge in [0.25, 0.3) is 0 Å². The van der Waals surface area contributed by atoms with E-state index in [1.165, 1.54) is 0 Å². The molecule has 0 amide bonds. The molecule has 0 fully saturated rings. The molecular formula is C10H6BrClN4O. The van der Waals surface area contributed by atoms with Gasteiger partial charge >= 0.3 is 0 Å². The van der Waals surface area contributed by atoms with Crippen molar-refractivity contribution in [2.45, 2.75) is 6.92 Å². The standard InChI is InChI=1S/C10H6BrClN4O/c1-5-13-8(12)4-9-14-15-10(16(5)9)6-2-3-7(11)17-6/h2-4H,1H3. The Morgan fingerprint density at radius 1 is 1.35 bits per heavy atom. The predicted octanol–water partition coefficient (Wildman–Crippen LogP) is 3.11. The minimum Gasteiger partial charge on any atom is -0.446 e. The highest BCUT2D eigenvalue weighted by Gasteiger charge is 2.14. The van der Waals surface area contributed by atoms with E-state index in [0.29, 0.717) is 32.9 Å². The minimum absolute atomic E-state index is 0.398. The van der Waals surface area contributed by atoms with Crippen molar-refractivity contribution in [3.8, 4) is 11.6 Å². The van der Waals surface area contributed by atoms with Crippen molar-refractivity contribution < 1.29 is 4.42 Å². The molecule has 0 aliphatic carbocycles. The van der Waals surface area contributed by atoms with Crippen LogP contribution in [0.4, 0.5) is 0 Å². The van der Waals surface area contributed by atoms with Crippen molar-refractivity contribution >= 4 is 33.2 Å². The summed E-state index contributed by atoms with van der Waals surface area (Å²) < 4.78 is 7.89. The molecule has 3 rings (SSSR count). The van der Waals surface area contributed by atoms with Crippen molar-refractivity contribution in [1.82, 2.24) is 19.6 Å². The Balaban J connectivity index is 2.31. The first kappa shape index (κ1) is 10.7. The van der Waals surface area contributed by atoms with Crippen LogP contribution in [-0.4, -0.2) is 19.6 Å². The van der Waals surface area contributed by atoms with Gasteiger partial charge in [-0.2, -0.15) is 0 Å². The van der Waals surface area contributed by atoms with Crippen molar-refractivity contribution in [3.05, 3.63) is 33.8 Å². The molecule has 0 atom stereocenters. The van der Waals surface area contributed by atoms with Crippen LogP contribution in [0.1, 0.15) is 5.82 Å². The Bertz CT molecular complexity index is 705. The fourth-order valence-electron chi connectivity index (χ4n) is 1.65. The first-order valence-corrected chi connectivity index (χ1v) is 5.96. The molecule has 0 N–H and O–H groups in total. The van der Waals surface area contributed by atoms with Gasteiger partial charge in [-0.25, -0.2) is 4.98 Å². The lowest BCUT2D eigenvalue weighted by atomic mass is 10.4. The Kier molecular flexibility index (Phi) is 2.41. The topological polar surface area (TPSA) is 56.2 Å². The molecule has 5 nitrogen and oxygen atoms in total. The molecule has 0 saturated carbocycles. The third-order valence-corrected chi connectivity index (χ3v) is 2.94. The molecule has 0 aliphatic heterocycles. The molecule has 17 heavy (non-hydrogen) atoms. The summed E-state index contributed by atoms with van der Waals surface area (Å²) in [6.07, 6.45) is 0. The molecule has 0 aliphatic rings. The summed E-state index contributed by atoms with van der Waals surface area (Å²) in [4.78, 5) is 4.16. The molecule has 0 saturated heterocycles. The van der Waals surface area contributed by atoms with E-state index in [-0.39, 0.29) is 0 Å². The molecule has 7 heteroatoms. The average Bonchev–Trinajstić information content (AvgIpc) is 2.83. The van der Waals surface area contributed by atoms with Gasteiger partial charge in [-0.1, -0.05) is 11.6 Å². The smallest absolute Gasteiger partial charge is 0.205 e. The molecule has 0 unspecified atom stereocenters. The number of halogens is 2. The molecule has 86 valence electrons. The van der Waals surface area contributed by atoms with Gasteiger partial charge < -0.3 is 4.42 Å². The zero-order chi connectivity index (χ0) is 12.0. The average molecular weight is 314 g/mol. The minimum atomic E-state index is 0.398. The zero-order valence-electron chi connectivity index (χ0n) is 8.69. The second-order valence-electron chi connectivity index (χ2n) is 3.45. The number of nitrogens with zero attached hydrogens (tertiary/aromatic N) is 4. The Hall–Kier alpha value is -1.40. The highest BCUT2D eigenvalue weighted by Crippen LogP contribution is 2.25. The fourth-order valence-corrected chi connectivity index (χ4v) is 2.17. The molecule has 0 bridgehead atoms. The van der Waals surface area contributed by atoms with Gasteiger partial charge in [0.15, 0.2) is 16.1 Å². The summed E-state index contributed by atoms with van der Waals surface area (Å²) in [6.45, 7) is 1.84. The quantitative estimate of drug-likeness (QED) is 0.648. The van der Waals surface area contributed by atoms with Crippen LogP contribution in [0.15, 0.2) is 27.3 Å². The Morgan fingerprint density at radius 3 is 2.88 bits per heavy atom. The number of furan rings is 1. The van der Waals surface area contributed by atoms with Gasteiger partial charge in [0.05, 0.1) is 0 Å². The predicted molar refractivity (Wildman–Crippen MR) is 65.9 cm³/mol. The van der Waals surface area contributed by atoms with Gasteiger partial charge in [-0.05, 0) is 35.0 Å². The van der Waals surface area contributed by atoms with E-state index in [2.05, 4.69) is 31.1 Å². The lowest BCUT2D eigenvalue weighted by Gasteiger charge is -2.01. The third kappa shape index (κ3) is 1.73. The summed E-state index contributed by atoms with van der Waals surface area (Å²) in [5.74, 6) is 1.93. The monoisotopic (exact) mass is 312 g/mol. The van der Waals surface area contributed by atoms with Gasteiger partial charge in [-0.15, -0.1) is 10.2 Å². The maximum Gasteiger partial charge on any atom is 0.205 e. The van der Waals surface area contributed by atoms with Crippen molar-refractivity contribution in [1.29, 1.82) is 0 Å². The lowest BCUT2D eigenvalue weighted by Crippen LogP contribution is -1.97.